The van der Waals surface area contributed by atoms with Gasteiger partial charge in [0.2, 0.25) is 5.91 Å². The summed E-state index contributed by atoms with van der Waals surface area (Å²) in [4.78, 5) is 27.0. The lowest BCUT2D eigenvalue weighted by atomic mass is 10.0. The number of carbonyl (C=O) groups excluding carboxylic acids is 2. The van der Waals surface area contributed by atoms with E-state index in [1.807, 2.05) is 4.90 Å². The zero-order chi connectivity index (χ0) is 15.4. The number of carbonyl (C=O) groups is 2. The molecule has 1 aliphatic heterocycles. The molecule has 0 radical (unpaired) electrons. The van der Waals surface area contributed by atoms with Crippen LogP contribution in [0.2, 0.25) is 0 Å². The molecule has 2 N–H and O–H groups in total. The molecule has 0 aliphatic carbocycles. The smallest absolute Gasteiger partial charge is 0.341 e. The number of hydrogen-bond acceptors (Lipinski definition) is 5. The molecular weight excluding hydrogens is 288 g/mol. The van der Waals surface area contributed by atoms with Crippen LogP contribution in [0.15, 0.2) is 0 Å². The highest BCUT2D eigenvalue weighted by Crippen LogP contribution is 2.35. The number of rotatable bonds is 5. The van der Waals surface area contributed by atoms with Crippen molar-refractivity contribution >= 4 is 28.2 Å². The van der Waals surface area contributed by atoms with Crippen molar-refractivity contribution in [1.29, 1.82) is 0 Å². The van der Waals surface area contributed by atoms with Gasteiger partial charge in [-0.3, -0.25) is 4.79 Å². The van der Waals surface area contributed by atoms with E-state index < -0.39 is 0 Å². The van der Waals surface area contributed by atoms with E-state index in [9.17, 15) is 9.59 Å². The van der Waals surface area contributed by atoms with Gasteiger partial charge in [0.05, 0.1) is 18.7 Å². The molecule has 0 atom stereocenters. The summed E-state index contributed by atoms with van der Waals surface area (Å²) >= 11 is 1.40. The first-order valence-corrected chi connectivity index (χ1v) is 8.25. The Morgan fingerprint density at radius 1 is 1.38 bits per heavy atom. The molecule has 0 spiro atoms. The lowest BCUT2D eigenvalue weighted by Gasteiger charge is -2.27. The third-order valence-electron chi connectivity index (χ3n) is 3.66. The molecule has 0 aromatic carbocycles. The van der Waals surface area contributed by atoms with Crippen molar-refractivity contribution < 1.29 is 14.3 Å². The molecule has 5 nitrogen and oxygen atoms in total. The van der Waals surface area contributed by atoms with E-state index in [0.29, 0.717) is 43.1 Å². The van der Waals surface area contributed by atoms with E-state index >= 15 is 0 Å². The maximum absolute atomic E-state index is 12.1. The van der Waals surface area contributed by atoms with Gasteiger partial charge in [0.25, 0.3) is 0 Å². The summed E-state index contributed by atoms with van der Waals surface area (Å²) in [6, 6.07) is 0. The number of hydrogen-bond donors (Lipinski definition) is 1. The lowest BCUT2D eigenvalue weighted by Crippen LogP contribution is -2.35. The van der Waals surface area contributed by atoms with Crippen LogP contribution in [-0.2, 0) is 22.5 Å². The Morgan fingerprint density at radius 2 is 2.14 bits per heavy atom. The molecule has 2 rings (SSSR count). The van der Waals surface area contributed by atoms with Gasteiger partial charge in [0.15, 0.2) is 0 Å². The molecule has 21 heavy (non-hydrogen) atoms. The molecule has 1 aromatic heterocycles. The second kappa shape index (κ2) is 6.93. The van der Waals surface area contributed by atoms with E-state index in [2.05, 4.69) is 6.92 Å². The predicted molar refractivity (Wildman–Crippen MR) is 83.3 cm³/mol. The summed E-state index contributed by atoms with van der Waals surface area (Å²) in [5, 5.41) is 0.501. The van der Waals surface area contributed by atoms with Crippen LogP contribution in [0.25, 0.3) is 0 Å². The zero-order valence-electron chi connectivity index (χ0n) is 12.6. The first kappa shape index (κ1) is 15.8. The predicted octanol–water partition coefficient (Wildman–Crippen LogP) is 2.58. The van der Waals surface area contributed by atoms with Gasteiger partial charge in [-0.2, -0.15) is 0 Å². The Kier molecular flexibility index (Phi) is 5.22. The fraction of sp³-hybridized carbons (Fsp3) is 0.600. The molecule has 1 aromatic rings. The fourth-order valence-corrected chi connectivity index (χ4v) is 3.67. The van der Waals surface area contributed by atoms with Gasteiger partial charge in [-0.1, -0.05) is 13.3 Å². The normalized spacial score (nSPS) is 13.9. The second-order valence-corrected chi connectivity index (χ2v) is 6.27. The second-order valence-electron chi connectivity index (χ2n) is 5.13. The van der Waals surface area contributed by atoms with E-state index in [1.54, 1.807) is 6.92 Å². The van der Waals surface area contributed by atoms with E-state index in [1.165, 1.54) is 11.3 Å². The van der Waals surface area contributed by atoms with Gasteiger partial charge in [-0.05, 0) is 25.3 Å². The minimum Gasteiger partial charge on any atom is -0.462 e. The Hall–Kier alpha value is -1.56. The lowest BCUT2D eigenvalue weighted by molar-refractivity contribution is -0.132. The van der Waals surface area contributed by atoms with Crippen LogP contribution in [-0.4, -0.2) is 29.9 Å². The van der Waals surface area contributed by atoms with E-state index in [-0.39, 0.29) is 11.9 Å². The highest BCUT2D eigenvalue weighted by molar-refractivity contribution is 7.16. The van der Waals surface area contributed by atoms with Crippen LogP contribution in [0, 0.1) is 0 Å². The standard InChI is InChI=1S/C15H22N2O3S/c1-3-5-6-12(18)17-8-7-10-11(9-17)21-14(16)13(10)15(19)20-4-2/h3-9,16H2,1-2H3. The average Bonchev–Trinajstić information content (AvgIpc) is 2.79. The maximum Gasteiger partial charge on any atom is 0.341 e. The van der Waals surface area contributed by atoms with Gasteiger partial charge in [0.1, 0.15) is 5.00 Å². The largest absolute Gasteiger partial charge is 0.462 e. The number of nitrogen functional groups attached to an aromatic ring is 1. The molecule has 6 heteroatoms. The number of amides is 1. The molecule has 0 fully saturated rings. The number of esters is 1. The van der Waals surface area contributed by atoms with E-state index in [4.69, 9.17) is 10.5 Å². The van der Waals surface area contributed by atoms with Crippen molar-refractivity contribution in [2.75, 3.05) is 18.9 Å². The topological polar surface area (TPSA) is 72.6 Å². The summed E-state index contributed by atoms with van der Waals surface area (Å²) in [6.07, 6.45) is 3.21. The highest BCUT2D eigenvalue weighted by atomic mass is 32.1. The van der Waals surface area contributed by atoms with Crippen molar-refractivity contribution in [3.05, 3.63) is 16.0 Å². The number of nitrogens with two attached hydrogens (primary N) is 1. The molecule has 0 bridgehead atoms. The summed E-state index contributed by atoms with van der Waals surface area (Å²) in [6.45, 7) is 5.41. The highest BCUT2D eigenvalue weighted by Gasteiger charge is 2.29. The van der Waals surface area contributed by atoms with Crippen molar-refractivity contribution in [1.82, 2.24) is 4.90 Å². The van der Waals surface area contributed by atoms with Gasteiger partial charge in [-0.15, -0.1) is 11.3 Å². The summed E-state index contributed by atoms with van der Waals surface area (Å²) in [7, 11) is 0. The Balaban J connectivity index is 2.14. The van der Waals surface area contributed by atoms with Crippen LogP contribution in [0.5, 0.6) is 0 Å². The number of ether oxygens (including phenoxy) is 1. The van der Waals surface area contributed by atoms with Gasteiger partial charge in [-0.25, -0.2) is 4.79 Å². The first-order chi connectivity index (χ1) is 10.1. The van der Waals surface area contributed by atoms with Crippen molar-refractivity contribution in [3.63, 3.8) is 0 Å². The molecule has 0 saturated carbocycles. The van der Waals surface area contributed by atoms with Crippen molar-refractivity contribution in [2.24, 2.45) is 0 Å². The van der Waals surface area contributed by atoms with Crippen LogP contribution in [0.3, 0.4) is 0 Å². The minimum absolute atomic E-state index is 0.187. The van der Waals surface area contributed by atoms with Gasteiger partial charge < -0.3 is 15.4 Å². The molecule has 2 heterocycles. The van der Waals surface area contributed by atoms with Crippen LogP contribution >= 0.6 is 11.3 Å². The van der Waals surface area contributed by atoms with Gasteiger partial charge in [0, 0.05) is 17.8 Å². The average molecular weight is 310 g/mol. The number of fused-ring (bicyclic) bond motifs is 1. The molecule has 1 amide bonds. The Bertz CT molecular complexity index is 539. The number of anilines is 1. The van der Waals surface area contributed by atoms with Gasteiger partial charge >= 0.3 is 5.97 Å². The third kappa shape index (κ3) is 3.37. The van der Waals surface area contributed by atoms with Crippen LogP contribution in [0.4, 0.5) is 5.00 Å². The molecule has 0 saturated heterocycles. The van der Waals surface area contributed by atoms with Crippen LogP contribution in [0.1, 0.15) is 53.9 Å². The Labute approximate surface area is 129 Å². The van der Waals surface area contributed by atoms with Crippen molar-refractivity contribution in [3.8, 4) is 0 Å². The first-order valence-electron chi connectivity index (χ1n) is 7.43. The molecule has 116 valence electrons. The SMILES string of the molecule is CCCCC(=O)N1CCc2c(sc(N)c2C(=O)OCC)C1. The zero-order valence-corrected chi connectivity index (χ0v) is 13.4. The summed E-state index contributed by atoms with van der Waals surface area (Å²) < 4.78 is 5.07. The van der Waals surface area contributed by atoms with Crippen LogP contribution < -0.4 is 5.73 Å². The molecule has 1 aliphatic rings. The molecular formula is C15H22N2O3S. The quantitative estimate of drug-likeness (QED) is 0.848. The minimum atomic E-state index is -0.349. The number of unbranched alkanes of at least 4 members (excludes halogenated alkanes) is 1. The number of nitrogens with zero attached hydrogens (tertiary/aromatic N) is 1. The summed E-state index contributed by atoms with van der Waals surface area (Å²) in [5.74, 6) is -0.162. The number of thiophene rings is 1. The van der Waals surface area contributed by atoms with E-state index in [0.717, 1.165) is 23.3 Å². The Morgan fingerprint density at radius 3 is 2.81 bits per heavy atom. The third-order valence-corrected chi connectivity index (χ3v) is 4.71. The monoisotopic (exact) mass is 310 g/mol. The summed E-state index contributed by atoms with van der Waals surface area (Å²) in [5.41, 5.74) is 7.45. The molecule has 0 unspecified atom stereocenters. The fourth-order valence-electron chi connectivity index (χ4n) is 2.55. The van der Waals surface area contributed by atoms with Crippen molar-refractivity contribution in [2.45, 2.75) is 46.1 Å². The maximum atomic E-state index is 12.1.